The summed E-state index contributed by atoms with van der Waals surface area (Å²) in [7, 11) is 0. The van der Waals surface area contributed by atoms with E-state index >= 15 is 0 Å². The maximum absolute atomic E-state index is 13.2. The predicted octanol–water partition coefficient (Wildman–Crippen LogP) is 4.42. The zero-order valence-electron chi connectivity index (χ0n) is 13.7. The van der Waals surface area contributed by atoms with Crippen molar-refractivity contribution in [3.63, 3.8) is 0 Å². The van der Waals surface area contributed by atoms with Crippen molar-refractivity contribution < 1.29 is 4.79 Å². The average Bonchev–Trinajstić information content (AvgIpc) is 3.27. The van der Waals surface area contributed by atoms with Crippen LogP contribution < -0.4 is 5.32 Å². The zero-order valence-corrected chi connectivity index (χ0v) is 14.5. The summed E-state index contributed by atoms with van der Waals surface area (Å²) in [6.45, 7) is 4.50. The van der Waals surface area contributed by atoms with Crippen LogP contribution in [-0.2, 0) is 12.8 Å². The molecule has 1 aliphatic heterocycles. The van der Waals surface area contributed by atoms with Crippen molar-refractivity contribution in [2.75, 3.05) is 5.32 Å². The molecule has 120 valence electrons. The molecule has 1 aromatic rings. The number of rotatable bonds is 4. The summed E-state index contributed by atoms with van der Waals surface area (Å²) < 4.78 is 0. The lowest BCUT2D eigenvalue weighted by Gasteiger charge is -2.37. The second-order valence-electron chi connectivity index (χ2n) is 7.12. The summed E-state index contributed by atoms with van der Waals surface area (Å²) in [6, 6.07) is 0.493. The van der Waals surface area contributed by atoms with Crippen molar-refractivity contribution >= 4 is 22.2 Å². The van der Waals surface area contributed by atoms with E-state index < -0.39 is 0 Å². The van der Waals surface area contributed by atoms with E-state index in [1.807, 2.05) is 11.3 Å². The van der Waals surface area contributed by atoms with Crippen LogP contribution in [0.4, 0.5) is 5.00 Å². The molecule has 1 N–H and O–H groups in total. The van der Waals surface area contributed by atoms with Gasteiger partial charge < -0.3 is 10.2 Å². The van der Waals surface area contributed by atoms with Crippen LogP contribution in [0.15, 0.2) is 0 Å². The maximum Gasteiger partial charge on any atom is 0.259 e. The number of nitrogens with one attached hydrogen (secondary N) is 1. The number of amides is 1. The van der Waals surface area contributed by atoms with Crippen LogP contribution >= 0.6 is 11.3 Å². The minimum absolute atomic E-state index is 0.222. The third kappa shape index (κ3) is 2.27. The molecule has 3 nitrogen and oxygen atoms in total. The Morgan fingerprint density at radius 3 is 2.77 bits per heavy atom. The second-order valence-corrected chi connectivity index (χ2v) is 8.22. The van der Waals surface area contributed by atoms with Crippen molar-refractivity contribution in [1.82, 2.24) is 4.90 Å². The second kappa shape index (κ2) is 5.55. The van der Waals surface area contributed by atoms with Gasteiger partial charge in [0.15, 0.2) is 0 Å². The highest BCUT2D eigenvalue weighted by Crippen LogP contribution is 2.45. The molecular formula is C18H26N2OS. The molecule has 2 heterocycles. The first-order chi connectivity index (χ1) is 10.7. The summed E-state index contributed by atoms with van der Waals surface area (Å²) in [5.41, 5.74) is 2.41. The molecule has 22 heavy (non-hydrogen) atoms. The lowest BCUT2D eigenvalue weighted by Crippen LogP contribution is -2.49. The summed E-state index contributed by atoms with van der Waals surface area (Å²) in [4.78, 5) is 16.8. The van der Waals surface area contributed by atoms with Gasteiger partial charge in [0.05, 0.1) is 5.56 Å². The molecule has 1 amide bonds. The van der Waals surface area contributed by atoms with Gasteiger partial charge in [0.25, 0.3) is 5.91 Å². The molecule has 0 spiro atoms. The Morgan fingerprint density at radius 2 is 2.09 bits per heavy atom. The number of fused-ring (bicyclic) bond motifs is 3. The SMILES string of the molecule is CCC[C@@H]1Nc2sc3c(c2C(=O)N1C1CC1)CC[C@@H](CC)C3. The van der Waals surface area contributed by atoms with E-state index in [-0.39, 0.29) is 6.17 Å². The number of anilines is 1. The lowest BCUT2D eigenvalue weighted by molar-refractivity contribution is 0.0659. The van der Waals surface area contributed by atoms with Gasteiger partial charge in [-0.1, -0.05) is 26.7 Å². The summed E-state index contributed by atoms with van der Waals surface area (Å²) >= 11 is 1.87. The third-order valence-corrected chi connectivity index (χ3v) is 6.71. The molecular weight excluding hydrogens is 292 g/mol. The Bertz CT molecular complexity index is 590. The van der Waals surface area contributed by atoms with Crippen LogP contribution in [-0.4, -0.2) is 23.0 Å². The van der Waals surface area contributed by atoms with Gasteiger partial charge in [0.1, 0.15) is 11.2 Å². The molecule has 0 unspecified atom stereocenters. The third-order valence-electron chi connectivity index (χ3n) is 5.53. The van der Waals surface area contributed by atoms with E-state index in [1.165, 1.54) is 47.5 Å². The Labute approximate surface area is 137 Å². The van der Waals surface area contributed by atoms with E-state index in [0.717, 1.165) is 30.7 Å². The van der Waals surface area contributed by atoms with Crippen LogP contribution in [0.2, 0.25) is 0 Å². The van der Waals surface area contributed by atoms with E-state index in [4.69, 9.17) is 0 Å². The normalized spacial score (nSPS) is 27.4. The number of carbonyl (C=O) groups excluding carboxylic acids is 1. The lowest BCUT2D eigenvalue weighted by atomic mass is 9.85. The summed E-state index contributed by atoms with van der Waals surface area (Å²) in [5.74, 6) is 1.14. The van der Waals surface area contributed by atoms with Crippen LogP contribution in [0, 0.1) is 5.92 Å². The van der Waals surface area contributed by atoms with Crippen molar-refractivity contribution in [2.24, 2.45) is 5.92 Å². The monoisotopic (exact) mass is 318 g/mol. The molecule has 0 radical (unpaired) electrons. The Hall–Kier alpha value is -1.03. The number of hydrogen-bond donors (Lipinski definition) is 1. The first-order valence-corrected chi connectivity index (χ1v) is 9.78. The molecule has 3 aliphatic rings. The quantitative estimate of drug-likeness (QED) is 0.891. The van der Waals surface area contributed by atoms with Crippen molar-refractivity contribution in [2.45, 2.75) is 77.4 Å². The van der Waals surface area contributed by atoms with Gasteiger partial charge in [0.2, 0.25) is 0 Å². The average molecular weight is 318 g/mol. The number of hydrogen-bond acceptors (Lipinski definition) is 3. The van der Waals surface area contributed by atoms with Crippen molar-refractivity contribution in [3.05, 3.63) is 16.0 Å². The molecule has 1 aromatic heterocycles. The molecule has 0 bridgehead atoms. The molecule has 1 fully saturated rings. The smallest absolute Gasteiger partial charge is 0.259 e. The minimum Gasteiger partial charge on any atom is -0.356 e. The van der Waals surface area contributed by atoms with Gasteiger partial charge in [-0.3, -0.25) is 4.79 Å². The Morgan fingerprint density at radius 1 is 1.27 bits per heavy atom. The highest BCUT2D eigenvalue weighted by Gasteiger charge is 2.43. The molecule has 4 rings (SSSR count). The first kappa shape index (κ1) is 14.6. The number of carbonyl (C=O) groups is 1. The van der Waals surface area contributed by atoms with E-state index in [2.05, 4.69) is 24.1 Å². The zero-order chi connectivity index (χ0) is 15.3. The van der Waals surface area contributed by atoms with Crippen LogP contribution in [0.1, 0.15) is 73.2 Å². The van der Waals surface area contributed by atoms with E-state index in [0.29, 0.717) is 11.9 Å². The Kier molecular flexibility index (Phi) is 3.67. The van der Waals surface area contributed by atoms with Crippen LogP contribution in [0.3, 0.4) is 0 Å². The van der Waals surface area contributed by atoms with Crippen molar-refractivity contribution in [3.8, 4) is 0 Å². The van der Waals surface area contributed by atoms with Gasteiger partial charge in [-0.05, 0) is 50.0 Å². The fourth-order valence-electron chi connectivity index (χ4n) is 4.08. The van der Waals surface area contributed by atoms with Crippen LogP contribution in [0.5, 0.6) is 0 Å². The largest absolute Gasteiger partial charge is 0.356 e. The highest BCUT2D eigenvalue weighted by atomic mass is 32.1. The van der Waals surface area contributed by atoms with Gasteiger partial charge in [-0.25, -0.2) is 0 Å². The topological polar surface area (TPSA) is 32.3 Å². The maximum atomic E-state index is 13.2. The fraction of sp³-hybridized carbons (Fsp3) is 0.722. The predicted molar refractivity (Wildman–Crippen MR) is 91.6 cm³/mol. The van der Waals surface area contributed by atoms with Gasteiger partial charge in [-0.15, -0.1) is 11.3 Å². The molecule has 1 saturated carbocycles. The van der Waals surface area contributed by atoms with Crippen molar-refractivity contribution in [1.29, 1.82) is 0 Å². The Balaban J connectivity index is 1.70. The molecule has 0 aromatic carbocycles. The van der Waals surface area contributed by atoms with Gasteiger partial charge in [-0.2, -0.15) is 0 Å². The molecule has 2 atom stereocenters. The minimum atomic E-state index is 0.222. The molecule has 2 aliphatic carbocycles. The fourth-order valence-corrected chi connectivity index (χ4v) is 5.48. The standard InChI is InChI=1S/C18H26N2OS/c1-3-5-15-19-17-16(18(21)20(15)12-7-8-12)13-9-6-11(4-2)10-14(13)22-17/h11-12,15,19H,3-10H2,1-2H3/t11-,15-/m1/s1. The van der Waals surface area contributed by atoms with E-state index in [1.54, 1.807) is 0 Å². The van der Waals surface area contributed by atoms with E-state index in [9.17, 15) is 4.79 Å². The first-order valence-electron chi connectivity index (χ1n) is 8.96. The van der Waals surface area contributed by atoms with Gasteiger partial charge in [0, 0.05) is 10.9 Å². The summed E-state index contributed by atoms with van der Waals surface area (Å²) in [5, 5.41) is 4.88. The molecule has 0 saturated heterocycles. The number of nitrogens with zero attached hydrogens (tertiary/aromatic N) is 1. The summed E-state index contributed by atoms with van der Waals surface area (Å²) in [6.07, 6.45) is 9.57. The molecule has 4 heteroatoms. The van der Waals surface area contributed by atoms with Gasteiger partial charge >= 0.3 is 0 Å². The van der Waals surface area contributed by atoms with Crippen LogP contribution in [0.25, 0.3) is 0 Å². The highest BCUT2D eigenvalue weighted by molar-refractivity contribution is 7.16. The number of thiophene rings is 1.